The fourth-order valence-electron chi connectivity index (χ4n) is 1.28. The summed E-state index contributed by atoms with van der Waals surface area (Å²) in [5.74, 6) is 0.249. The third-order valence-electron chi connectivity index (χ3n) is 2.01. The Labute approximate surface area is 90.5 Å². The summed E-state index contributed by atoms with van der Waals surface area (Å²) in [6.07, 6.45) is 0. The van der Waals surface area contributed by atoms with Gasteiger partial charge in [0.1, 0.15) is 18.2 Å². The lowest BCUT2D eigenvalue weighted by Crippen LogP contribution is -1.91. The zero-order valence-electron chi connectivity index (χ0n) is 8.48. The van der Waals surface area contributed by atoms with E-state index in [4.69, 9.17) is 14.4 Å². The normalized spacial score (nSPS) is 10.4. The Kier molecular flexibility index (Phi) is 2.82. The van der Waals surface area contributed by atoms with E-state index in [9.17, 15) is 4.39 Å². The number of hydrogen-bond donors (Lipinski definition) is 1. The fourth-order valence-corrected chi connectivity index (χ4v) is 1.28. The standard InChI is InChI=1S/C10H9FN2O3/c1-15-8-4-6(11)2-3-7(8)10-12-9(5-14)16-13-10/h2-4,14H,5H2,1H3. The maximum atomic E-state index is 12.9. The van der Waals surface area contributed by atoms with Crippen molar-refractivity contribution in [1.82, 2.24) is 10.1 Å². The second-order valence-electron chi connectivity index (χ2n) is 3.01. The molecular weight excluding hydrogens is 215 g/mol. The molecule has 0 spiro atoms. The van der Waals surface area contributed by atoms with Gasteiger partial charge in [-0.15, -0.1) is 0 Å². The van der Waals surface area contributed by atoms with Gasteiger partial charge in [-0.1, -0.05) is 5.16 Å². The molecule has 0 amide bonds. The average molecular weight is 224 g/mol. The minimum Gasteiger partial charge on any atom is -0.496 e. The van der Waals surface area contributed by atoms with Crippen molar-refractivity contribution in [3.8, 4) is 17.1 Å². The molecule has 1 heterocycles. The molecule has 5 nitrogen and oxygen atoms in total. The SMILES string of the molecule is COc1cc(F)ccc1-c1noc(CO)n1. The van der Waals surface area contributed by atoms with Crippen molar-refractivity contribution >= 4 is 0 Å². The summed E-state index contributed by atoms with van der Waals surface area (Å²) in [6.45, 7) is -0.337. The molecule has 0 bridgehead atoms. The molecule has 84 valence electrons. The number of aliphatic hydroxyl groups is 1. The van der Waals surface area contributed by atoms with Crippen LogP contribution in [-0.2, 0) is 6.61 Å². The highest BCUT2D eigenvalue weighted by Gasteiger charge is 2.13. The number of nitrogens with zero attached hydrogens (tertiary/aromatic N) is 2. The monoisotopic (exact) mass is 224 g/mol. The van der Waals surface area contributed by atoms with Crippen LogP contribution in [0.4, 0.5) is 4.39 Å². The van der Waals surface area contributed by atoms with Gasteiger partial charge in [-0.2, -0.15) is 4.98 Å². The highest BCUT2D eigenvalue weighted by molar-refractivity contribution is 5.63. The van der Waals surface area contributed by atoms with Crippen LogP contribution < -0.4 is 4.74 Å². The van der Waals surface area contributed by atoms with E-state index >= 15 is 0 Å². The number of ether oxygens (including phenoxy) is 1. The molecule has 2 aromatic rings. The van der Waals surface area contributed by atoms with Gasteiger partial charge in [0.25, 0.3) is 5.89 Å². The van der Waals surface area contributed by atoms with E-state index in [-0.39, 0.29) is 18.3 Å². The molecule has 1 aromatic carbocycles. The molecule has 0 saturated carbocycles. The van der Waals surface area contributed by atoms with E-state index in [1.807, 2.05) is 0 Å². The topological polar surface area (TPSA) is 68.4 Å². The fraction of sp³-hybridized carbons (Fsp3) is 0.200. The van der Waals surface area contributed by atoms with Crippen molar-refractivity contribution in [1.29, 1.82) is 0 Å². The van der Waals surface area contributed by atoms with Crippen LogP contribution in [0.2, 0.25) is 0 Å². The molecule has 0 aliphatic heterocycles. The van der Waals surface area contributed by atoms with E-state index in [1.54, 1.807) is 0 Å². The summed E-state index contributed by atoms with van der Waals surface area (Å²) in [5, 5.41) is 12.4. The number of halogens is 1. The lowest BCUT2D eigenvalue weighted by Gasteiger charge is -2.04. The smallest absolute Gasteiger partial charge is 0.252 e. The van der Waals surface area contributed by atoms with E-state index in [1.165, 1.54) is 25.3 Å². The number of aliphatic hydroxyl groups excluding tert-OH is 1. The maximum Gasteiger partial charge on any atom is 0.252 e. The Bertz CT molecular complexity index is 499. The predicted molar refractivity (Wildman–Crippen MR) is 52.2 cm³/mol. The molecule has 0 aliphatic rings. The second kappa shape index (κ2) is 4.28. The van der Waals surface area contributed by atoms with Gasteiger partial charge >= 0.3 is 0 Å². The zero-order valence-corrected chi connectivity index (χ0v) is 8.48. The van der Waals surface area contributed by atoms with Gasteiger partial charge in [0.15, 0.2) is 0 Å². The summed E-state index contributed by atoms with van der Waals surface area (Å²) in [6, 6.07) is 3.98. The summed E-state index contributed by atoms with van der Waals surface area (Å²) >= 11 is 0. The third-order valence-corrected chi connectivity index (χ3v) is 2.01. The largest absolute Gasteiger partial charge is 0.496 e. The number of benzene rings is 1. The Morgan fingerprint density at radius 1 is 1.50 bits per heavy atom. The minimum atomic E-state index is -0.411. The highest BCUT2D eigenvalue weighted by atomic mass is 19.1. The molecule has 16 heavy (non-hydrogen) atoms. The lowest BCUT2D eigenvalue weighted by molar-refractivity contribution is 0.222. The van der Waals surface area contributed by atoms with Crippen LogP contribution in [0, 0.1) is 5.82 Å². The minimum absolute atomic E-state index is 0.0985. The average Bonchev–Trinajstić information content (AvgIpc) is 2.77. The maximum absolute atomic E-state index is 12.9. The summed E-state index contributed by atoms with van der Waals surface area (Å²) in [5.41, 5.74) is 0.507. The molecule has 0 fully saturated rings. The van der Waals surface area contributed by atoms with Gasteiger partial charge in [-0.3, -0.25) is 0 Å². The Morgan fingerprint density at radius 3 is 2.94 bits per heavy atom. The Balaban J connectivity index is 2.46. The Morgan fingerprint density at radius 2 is 2.31 bits per heavy atom. The van der Waals surface area contributed by atoms with Crippen LogP contribution in [0.25, 0.3) is 11.4 Å². The molecule has 6 heteroatoms. The van der Waals surface area contributed by atoms with E-state index in [0.717, 1.165) is 0 Å². The van der Waals surface area contributed by atoms with Crippen LogP contribution in [0.15, 0.2) is 22.7 Å². The quantitative estimate of drug-likeness (QED) is 0.852. The summed E-state index contributed by atoms with van der Waals surface area (Å²) in [7, 11) is 1.42. The van der Waals surface area contributed by atoms with Crippen LogP contribution in [0.1, 0.15) is 5.89 Å². The van der Waals surface area contributed by atoms with Crippen LogP contribution in [-0.4, -0.2) is 22.4 Å². The van der Waals surface area contributed by atoms with Crippen LogP contribution >= 0.6 is 0 Å². The first-order valence-electron chi connectivity index (χ1n) is 4.52. The van der Waals surface area contributed by atoms with Gasteiger partial charge in [0, 0.05) is 6.07 Å². The molecule has 0 aliphatic carbocycles. The number of aromatic nitrogens is 2. The van der Waals surface area contributed by atoms with Crippen molar-refractivity contribution in [3.63, 3.8) is 0 Å². The molecular formula is C10H9FN2O3. The highest BCUT2D eigenvalue weighted by Crippen LogP contribution is 2.28. The van der Waals surface area contributed by atoms with Crippen molar-refractivity contribution in [2.24, 2.45) is 0 Å². The second-order valence-corrected chi connectivity index (χ2v) is 3.01. The van der Waals surface area contributed by atoms with Crippen LogP contribution in [0.3, 0.4) is 0 Å². The van der Waals surface area contributed by atoms with Crippen molar-refractivity contribution in [2.45, 2.75) is 6.61 Å². The molecule has 0 radical (unpaired) electrons. The van der Waals surface area contributed by atoms with E-state index in [2.05, 4.69) is 10.1 Å². The first kappa shape index (κ1) is 10.6. The summed E-state index contributed by atoms with van der Waals surface area (Å²) < 4.78 is 22.7. The van der Waals surface area contributed by atoms with Crippen LogP contribution in [0.5, 0.6) is 5.75 Å². The summed E-state index contributed by atoms with van der Waals surface area (Å²) in [4.78, 5) is 3.91. The van der Waals surface area contributed by atoms with Gasteiger partial charge in [-0.05, 0) is 12.1 Å². The molecule has 0 saturated heterocycles. The Hall–Kier alpha value is -1.95. The molecule has 2 rings (SSSR count). The number of rotatable bonds is 3. The number of hydrogen-bond acceptors (Lipinski definition) is 5. The van der Waals surface area contributed by atoms with E-state index < -0.39 is 5.82 Å². The molecule has 0 atom stereocenters. The predicted octanol–water partition coefficient (Wildman–Crippen LogP) is 1.38. The first-order chi connectivity index (χ1) is 7.74. The van der Waals surface area contributed by atoms with Gasteiger partial charge in [0.05, 0.1) is 12.7 Å². The van der Waals surface area contributed by atoms with Gasteiger partial charge in [-0.25, -0.2) is 4.39 Å². The van der Waals surface area contributed by atoms with E-state index in [0.29, 0.717) is 11.3 Å². The lowest BCUT2D eigenvalue weighted by atomic mass is 10.2. The third kappa shape index (κ3) is 1.87. The van der Waals surface area contributed by atoms with Crippen molar-refractivity contribution < 1.29 is 18.8 Å². The number of methoxy groups -OCH3 is 1. The molecule has 0 unspecified atom stereocenters. The zero-order chi connectivity index (χ0) is 11.5. The van der Waals surface area contributed by atoms with Gasteiger partial charge < -0.3 is 14.4 Å². The first-order valence-corrected chi connectivity index (χ1v) is 4.52. The van der Waals surface area contributed by atoms with Crippen molar-refractivity contribution in [2.75, 3.05) is 7.11 Å². The van der Waals surface area contributed by atoms with Crippen molar-refractivity contribution in [3.05, 3.63) is 29.9 Å². The molecule has 1 N–H and O–H groups in total. The van der Waals surface area contributed by atoms with Gasteiger partial charge in [0.2, 0.25) is 5.82 Å². The molecule has 1 aromatic heterocycles.